The summed E-state index contributed by atoms with van der Waals surface area (Å²) in [4.78, 5) is 8.31. The van der Waals surface area contributed by atoms with Crippen LogP contribution in [0.1, 0.15) is 19.0 Å². The van der Waals surface area contributed by atoms with Crippen molar-refractivity contribution in [3.8, 4) is 12.3 Å². The van der Waals surface area contributed by atoms with Crippen LogP contribution < -0.4 is 0 Å². The van der Waals surface area contributed by atoms with Gasteiger partial charge in [-0.05, 0) is 18.4 Å². The number of aromatic nitrogens is 1. The molecule has 0 aliphatic carbocycles. The zero-order chi connectivity index (χ0) is 8.39. The number of hydrogen-bond acceptors (Lipinski definition) is 2. The Morgan fingerprint density at radius 2 is 2.42 bits per heavy atom. The van der Waals surface area contributed by atoms with Gasteiger partial charge in [0.15, 0.2) is 0 Å². The van der Waals surface area contributed by atoms with Crippen LogP contribution in [0.5, 0.6) is 0 Å². The van der Waals surface area contributed by atoms with Crippen molar-refractivity contribution < 1.29 is 1.43 Å². The van der Waals surface area contributed by atoms with E-state index in [9.17, 15) is 0 Å². The average Bonchev–Trinajstić information content (AvgIpc) is 2.17. The van der Waals surface area contributed by atoms with Crippen LogP contribution in [-0.2, 0) is 6.42 Å². The van der Waals surface area contributed by atoms with Crippen LogP contribution >= 0.6 is 0 Å². The molecule has 2 nitrogen and oxygen atoms in total. The molecule has 1 aliphatic heterocycles. The summed E-state index contributed by atoms with van der Waals surface area (Å²) in [5.74, 6) is 2.58. The summed E-state index contributed by atoms with van der Waals surface area (Å²) < 4.78 is 0. The summed E-state index contributed by atoms with van der Waals surface area (Å²) in [7, 11) is 0. The predicted octanol–water partition coefficient (Wildman–Crippen LogP) is 1.96. The first-order valence-corrected chi connectivity index (χ1v) is 3.88. The number of aliphatic imine (C=N–C) groups is 1. The smallest absolute Gasteiger partial charge is 0.0845 e. The number of nitrogens with zero attached hydrogens (tertiary/aromatic N) is 2. The minimum absolute atomic E-state index is 0. The molecule has 0 saturated carbocycles. The van der Waals surface area contributed by atoms with E-state index < -0.39 is 0 Å². The molecule has 0 aromatic carbocycles. The first kappa shape index (κ1) is 7.05. The van der Waals surface area contributed by atoms with Gasteiger partial charge in [0.25, 0.3) is 0 Å². The summed E-state index contributed by atoms with van der Waals surface area (Å²) in [5, 5.41) is 0. The number of terminal acetylenes is 1. The molecular weight excluding hydrogens is 148 g/mol. The summed E-state index contributed by atoms with van der Waals surface area (Å²) in [5.41, 5.74) is 2.88. The van der Waals surface area contributed by atoms with Crippen molar-refractivity contribution in [1.29, 1.82) is 0 Å². The minimum atomic E-state index is 0. The van der Waals surface area contributed by atoms with E-state index in [1.54, 1.807) is 6.20 Å². The molecule has 2 heteroatoms. The fourth-order valence-electron chi connectivity index (χ4n) is 1.31. The Labute approximate surface area is 72.8 Å². The largest absolute Gasteiger partial charge is 0.263 e. The second-order valence-corrected chi connectivity index (χ2v) is 2.69. The molecule has 0 amide bonds. The zero-order valence-electron chi connectivity index (χ0n) is 6.62. The number of pyridine rings is 1. The van der Waals surface area contributed by atoms with E-state index in [0.29, 0.717) is 0 Å². The van der Waals surface area contributed by atoms with Crippen molar-refractivity contribution in [2.45, 2.75) is 12.8 Å². The molecule has 0 saturated heterocycles. The van der Waals surface area contributed by atoms with Crippen LogP contribution in [0.25, 0.3) is 0 Å². The van der Waals surface area contributed by atoms with Gasteiger partial charge in [-0.1, -0.05) is 5.92 Å². The van der Waals surface area contributed by atoms with Gasteiger partial charge in [-0.2, -0.15) is 0 Å². The minimum Gasteiger partial charge on any atom is -0.263 e. The van der Waals surface area contributed by atoms with Gasteiger partial charge in [-0.3, -0.25) is 9.98 Å². The Morgan fingerprint density at radius 1 is 1.50 bits per heavy atom. The molecule has 1 aromatic heterocycles. The van der Waals surface area contributed by atoms with Gasteiger partial charge in [0, 0.05) is 20.0 Å². The van der Waals surface area contributed by atoms with Gasteiger partial charge in [0.1, 0.15) is 0 Å². The average molecular weight is 158 g/mol. The van der Waals surface area contributed by atoms with Crippen molar-refractivity contribution in [1.82, 2.24) is 4.98 Å². The molecule has 0 bridgehead atoms. The van der Waals surface area contributed by atoms with Crippen LogP contribution in [0.3, 0.4) is 0 Å². The highest BCUT2D eigenvalue weighted by molar-refractivity contribution is 5.72. The lowest BCUT2D eigenvalue weighted by Gasteiger charge is -2.09. The molecule has 1 aliphatic rings. The Kier molecular flexibility index (Phi) is 1.64. The molecule has 60 valence electrons. The van der Waals surface area contributed by atoms with Crippen molar-refractivity contribution in [2.24, 2.45) is 4.99 Å². The topological polar surface area (TPSA) is 25.2 Å². The van der Waals surface area contributed by atoms with E-state index in [-0.39, 0.29) is 1.43 Å². The van der Waals surface area contributed by atoms with Crippen molar-refractivity contribution >= 4 is 11.9 Å². The number of rotatable bonds is 0. The maximum absolute atomic E-state index is 5.31. The maximum atomic E-state index is 5.31. The SMILES string of the molecule is C#Cc1cncc2c1N=CCC2.[HH]. The Hall–Kier alpha value is -1.62. The molecule has 1 aromatic rings. The summed E-state index contributed by atoms with van der Waals surface area (Å²) in [6, 6.07) is 0. The lowest BCUT2D eigenvalue weighted by molar-refractivity contribution is 1.01. The van der Waals surface area contributed by atoms with Gasteiger partial charge < -0.3 is 0 Å². The van der Waals surface area contributed by atoms with Crippen molar-refractivity contribution in [3.63, 3.8) is 0 Å². The van der Waals surface area contributed by atoms with E-state index >= 15 is 0 Å². The molecule has 0 atom stereocenters. The van der Waals surface area contributed by atoms with E-state index in [1.165, 1.54) is 0 Å². The van der Waals surface area contributed by atoms with E-state index in [0.717, 1.165) is 29.7 Å². The highest BCUT2D eigenvalue weighted by Gasteiger charge is 2.08. The van der Waals surface area contributed by atoms with E-state index in [4.69, 9.17) is 6.42 Å². The Balaban J connectivity index is 0.000000845. The third-order valence-electron chi connectivity index (χ3n) is 1.91. The Bertz CT molecular complexity index is 377. The van der Waals surface area contributed by atoms with Gasteiger partial charge in [0.2, 0.25) is 0 Å². The second-order valence-electron chi connectivity index (χ2n) is 2.69. The highest BCUT2D eigenvalue weighted by Crippen LogP contribution is 2.26. The second kappa shape index (κ2) is 2.78. The molecule has 12 heavy (non-hydrogen) atoms. The molecular formula is C10H10N2. The summed E-state index contributed by atoms with van der Waals surface area (Å²) in [6.07, 6.45) is 12.7. The molecule has 0 unspecified atom stereocenters. The van der Waals surface area contributed by atoms with Crippen LogP contribution in [-0.4, -0.2) is 11.2 Å². The van der Waals surface area contributed by atoms with Crippen molar-refractivity contribution in [2.75, 3.05) is 0 Å². The summed E-state index contributed by atoms with van der Waals surface area (Å²) >= 11 is 0. The fraction of sp³-hybridized carbons (Fsp3) is 0.200. The quantitative estimate of drug-likeness (QED) is 0.530. The number of fused-ring (bicyclic) bond motifs is 1. The molecule has 2 rings (SSSR count). The van der Waals surface area contributed by atoms with Crippen LogP contribution in [0.15, 0.2) is 17.4 Å². The third kappa shape index (κ3) is 0.998. The van der Waals surface area contributed by atoms with E-state index in [1.807, 2.05) is 12.4 Å². The highest BCUT2D eigenvalue weighted by atomic mass is 14.8. The van der Waals surface area contributed by atoms with Gasteiger partial charge in [0.05, 0.1) is 11.3 Å². The molecule has 0 N–H and O–H groups in total. The van der Waals surface area contributed by atoms with Crippen LogP contribution in [0, 0.1) is 12.3 Å². The number of aryl methyl sites for hydroxylation is 1. The normalized spacial score (nSPS) is 13.6. The van der Waals surface area contributed by atoms with E-state index in [2.05, 4.69) is 15.9 Å². The third-order valence-corrected chi connectivity index (χ3v) is 1.91. The van der Waals surface area contributed by atoms with Gasteiger partial charge in [-0.25, -0.2) is 0 Å². The van der Waals surface area contributed by atoms with Crippen LogP contribution in [0.4, 0.5) is 5.69 Å². The lowest BCUT2D eigenvalue weighted by atomic mass is 10.1. The molecule has 0 spiro atoms. The molecule has 0 fully saturated rings. The van der Waals surface area contributed by atoms with Crippen LogP contribution in [0.2, 0.25) is 0 Å². The predicted molar refractivity (Wildman–Crippen MR) is 50.8 cm³/mol. The van der Waals surface area contributed by atoms with Gasteiger partial charge in [-0.15, -0.1) is 6.42 Å². The monoisotopic (exact) mass is 158 g/mol. The fourth-order valence-corrected chi connectivity index (χ4v) is 1.31. The zero-order valence-corrected chi connectivity index (χ0v) is 6.62. The lowest BCUT2D eigenvalue weighted by Crippen LogP contribution is -1.96. The number of hydrogen-bond donors (Lipinski definition) is 0. The first-order chi connectivity index (χ1) is 5.92. The van der Waals surface area contributed by atoms with Gasteiger partial charge >= 0.3 is 0 Å². The standard InChI is InChI=1S/C10H8N2.H2/c1-2-8-6-11-7-9-4-3-5-12-10(8)9;/h1,5-7H,3-4H2;1H. The summed E-state index contributed by atoms with van der Waals surface area (Å²) in [6.45, 7) is 0. The Morgan fingerprint density at radius 3 is 3.25 bits per heavy atom. The molecule has 2 heterocycles. The first-order valence-electron chi connectivity index (χ1n) is 3.88. The maximum Gasteiger partial charge on any atom is 0.0845 e. The van der Waals surface area contributed by atoms with Crippen molar-refractivity contribution in [3.05, 3.63) is 23.5 Å². The molecule has 0 radical (unpaired) electrons.